The van der Waals surface area contributed by atoms with Crippen LogP contribution < -0.4 is 4.74 Å². The number of thiocarbonyl (C=S) groups is 1. The number of carbonyl (C=O) groups excluding carboxylic acids is 1. The number of benzene rings is 1. The van der Waals surface area contributed by atoms with E-state index in [1.165, 1.54) is 30.2 Å². The van der Waals surface area contributed by atoms with Crippen LogP contribution >= 0.6 is 24.0 Å². The van der Waals surface area contributed by atoms with E-state index in [0.29, 0.717) is 21.3 Å². The molecular formula is C13H12N2O5S2. The smallest absolute Gasteiger partial charge is 0.315 e. The van der Waals surface area contributed by atoms with Gasteiger partial charge in [-0.2, -0.15) is 0 Å². The lowest BCUT2D eigenvalue weighted by Crippen LogP contribution is -2.27. The lowest BCUT2D eigenvalue weighted by molar-refractivity contribution is -0.386. The standard InChI is InChI=1S/C13H12N2O5S2/c1-3-14-12(17)10(22-13(14)21)6-7-4-8(15(18)19)11(16)9(5-7)20-2/h4-6,16H,3H2,1-2H3/b10-6+. The van der Waals surface area contributed by atoms with Gasteiger partial charge in [0.05, 0.1) is 16.9 Å². The van der Waals surface area contributed by atoms with Crippen molar-refractivity contribution in [3.63, 3.8) is 0 Å². The number of rotatable bonds is 4. The van der Waals surface area contributed by atoms with Crippen LogP contribution in [-0.4, -0.2) is 38.8 Å². The molecule has 0 spiro atoms. The van der Waals surface area contributed by atoms with Gasteiger partial charge in [0.25, 0.3) is 5.91 Å². The summed E-state index contributed by atoms with van der Waals surface area (Å²) in [7, 11) is 1.29. The number of nitro benzene ring substituents is 1. The van der Waals surface area contributed by atoms with Crippen LogP contribution in [0.4, 0.5) is 5.69 Å². The Hall–Kier alpha value is -2.13. The Morgan fingerprint density at radius 2 is 2.23 bits per heavy atom. The molecule has 0 saturated carbocycles. The summed E-state index contributed by atoms with van der Waals surface area (Å²) in [4.78, 5) is 24.2. The zero-order chi connectivity index (χ0) is 16.4. The second kappa shape index (κ2) is 6.32. The van der Waals surface area contributed by atoms with Gasteiger partial charge in [-0.3, -0.25) is 19.8 Å². The quantitative estimate of drug-likeness (QED) is 0.389. The van der Waals surface area contributed by atoms with Crippen molar-refractivity contribution in [3.05, 3.63) is 32.7 Å². The first kappa shape index (κ1) is 16.2. The molecule has 7 nitrogen and oxygen atoms in total. The fraction of sp³-hybridized carbons (Fsp3) is 0.231. The summed E-state index contributed by atoms with van der Waals surface area (Å²) in [5.74, 6) is -0.829. The van der Waals surface area contributed by atoms with Gasteiger partial charge in [-0.05, 0) is 24.6 Å². The number of carbonyl (C=O) groups is 1. The number of aromatic hydroxyl groups is 1. The molecule has 0 aromatic heterocycles. The summed E-state index contributed by atoms with van der Waals surface area (Å²) >= 11 is 6.23. The van der Waals surface area contributed by atoms with E-state index in [1.54, 1.807) is 0 Å². The first-order valence-corrected chi connectivity index (χ1v) is 7.42. The number of amides is 1. The molecule has 0 unspecified atom stereocenters. The van der Waals surface area contributed by atoms with Crippen LogP contribution in [0.5, 0.6) is 11.5 Å². The molecule has 0 bridgehead atoms. The van der Waals surface area contributed by atoms with Gasteiger partial charge in [0.2, 0.25) is 5.75 Å². The maximum absolute atomic E-state index is 12.1. The van der Waals surface area contributed by atoms with Crippen molar-refractivity contribution in [3.8, 4) is 11.5 Å². The molecule has 1 aromatic rings. The van der Waals surface area contributed by atoms with Crippen molar-refractivity contribution < 1.29 is 19.6 Å². The second-order valence-electron chi connectivity index (χ2n) is 4.27. The van der Waals surface area contributed by atoms with Crippen molar-refractivity contribution >= 4 is 46.0 Å². The number of methoxy groups -OCH3 is 1. The number of nitro groups is 1. The summed E-state index contributed by atoms with van der Waals surface area (Å²) in [6, 6.07) is 2.59. The highest BCUT2D eigenvalue weighted by Crippen LogP contribution is 2.39. The maximum Gasteiger partial charge on any atom is 0.315 e. The van der Waals surface area contributed by atoms with E-state index in [2.05, 4.69) is 0 Å². The molecule has 9 heteroatoms. The number of thioether (sulfide) groups is 1. The number of phenolic OH excluding ortho intramolecular Hbond substituents is 1. The molecule has 0 radical (unpaired) electrons. The monoisotopic (exact) mass is 340 g/mol. The summed E-state index contributed by atoms with van der Waals surface area (Å²) in [6.45, 7) is 2.27. The molecule has 2 rings (SSSR count). The summed E-state index contributed by atoms with van der Waals surface area (Å²) in [6.07, 6.45) is 1.49. The first-order chi connectivity index (χ1) is 10.4. The van der Waals surface area contributed by atoms with Gasteiger partial charge < -0.3 is 9.84 Å². The minimum Gasteiger partial charge on any atom is -0.500 e. The topological polar surface area (TPSA) is 92.9 Å². The van der Waals surface area contributed by atoms with E-state index in [9.17, 15) is 20.0 Å². The molecule has 1 amide bonds. The van der Waals surface area contributed by atoms with Crippen LogP contribution in [0.25, 0.3) is 6.08 Å². The van der Waals surface area contributed by atoms with E-state index in [1.807, 2.05) is 6.92 Å². The van der Waals surface area contributed by atoms with Crippen molar-refractivity contribution in [2.45, 2.75) is 6.92 Å². The summed E-state index contributed by atoms with van der Waals surface area (Å²) in [5, 5.41) is 20.7. The molecule has 1 N–H and O–H groups in total. The van der Waals surface area contributed by atoms with Gasteiger partial charge >= 0.3 is 5.69 Å². The average molecular weight is 340 g/mol. The SMILES string of the molecule is CCN1C(=O)/C(=C\c2cc(OC)c(O)c([N+](=O)[O-])c2)SC1=S. The Bertz CT molecular complexity index is 702. The Labute approximate surface area is 135 Å². The van der Waals surface area contributed by atoms with Gasteiger partial charge in [0, 0.05) is 12.6 Å². The predicted molar refractivity (Wildman–Crippen MR) is 86.9 cm³/mol. The van der Waals surface area contributed by atoms with Gasteiger partial charge in [-0.1, -0.05) is 24.0 Å². The van der Waals surface area contributed by atoms with Gasteiger partial charge in [-0.25, -0.2) is 0 Å². The molecule has 0 atom stereocenters. The van der Waals surface area contributed by atoms with Gasteiger partial charge in [0.15, 0.2) is 5.75 Å². The van der Waals surface area contributed by atoms with Crippen molar-refractivity contribution in [2.24, 2.45) is 0 Å². The predicted octanol–water partition coefficient (Wildman–Crippen LogP) is 2.53. The van der Waals surface area contributed by atoms with Crippen LogP contribution in [0.3, 0.4) is 0 Å². The summed E-state index contributed by atoms with van der Waals surface area (Å²) < 4.78 is 5.36. The minimum atomic E-state index is -0.716. The lowest BCUT2D eigenvalue weighted by atomic mass is 10.1. The third-order valence-corrected chi connectivity index (χ3v) is 4.36. The van der Waals surface area contributed by atoms with Crippen molar-refractivity contribution in [1.82, 2.24) is 4.90 Å². The molecule has 1 saturated heterocycles. The maximum atomic E-state index is 12.1. The molecule has 1 fully saturated rings. The summed E-state index contributed by atoms with van der Waals surface area (Å²) in [5.41, 5.74) is -0.116. The first-order valence-electron chi connectivity index (χ1n) is 6.19. The molecule has 1 aliphatic heterocycles. The molecule has 1 heterocycles. The Kier molecular flexibility index (Phi) is 4.67. The Morgan fingerprint density at radius 3 is 2.73 bits per heavy atom. The van der Waals surface area contributed by atoms with E-state index in [-0.39, 0.29) is 11.7 Å². The van der Waals surface area contributed by atoms with E-state index >= 15 is 0 Å². The third-order valence-electron chi connectivity index (χ3n) is 2.98. The number of hydrogen-bond donors (Lipinski definition) is 1. The molecule has 1 aliphatic rings. The highest BCUT2D eigenvalue weighted by atomic mass is 32.2. The van der Waals surface area contributed by atoms with Crippen LogP contribution in [0.1, 0.15) is 12.5 Å². The Morgan fingerprint density at radius 1 is 1.55 bits per heavy atom. The molecule has 116 valence electrons. The normalized spacial score (nSPS) is 16.5. The highest BCUT2D eigenvalue weighted by Gasteiger charge is 2.31. The van der Waals surface area contributed by atoms with E-state index < -0.39 is 16.4 Å². The zero-order valence-corrected chi connectivity index (χ0v) is 13.4. The molecule has 0 aliphatic carbocycles. The fourth-order valence-electron chi connectivity index (χ4n) is 1.92. The average Bonchev–Trinajstić information content (AvgIpc) is 2.74. The highest BCUT2D eigenvalue weighted by molar-refractivity contribution is 8.26. The number of hydrogen-bond acceptors (Lipinski definition) is 7. The van der Waals surface area contributed by atoms with E-state index in [4.69, 9.17) is 17.0 Å². The minimum absolute atomic E-state index is 0.0357. The zero-order valence-electron chi connectivity index (χ0n) is 11.7. The van der Waals surface area contributed by atoms with Crippen LogP contribution in [0, 0.1) is 10.1 Å². The largest absolute Gasteiger partial charge is 0.500 e. The third kappa shape index (κ3) is 2.90. The van der Waals surface area contributed by atoms with Crippen molar-refractivity contribution in [1.29, 1.82) is 0 Å². The molecule has 22 heavy (non-hydrogen) atoms. The number of nitrogens with zero attached hydrogens (tertiary/aromatic N) is 2. The van der Waals surface area contributed by atoms with Gasteiger partial charge in [0.1, 0.15) is 4.32 Å². The lowest BCUT2D eigenvalue weighted by Gasteiger charge is -2.09. The molecular weight excluding hydrogens is 328 g/mol. The van der Waals surface area contributed by atoms with Crippen LogP contribution in [0.15, 0.2) is 17.0 Å². The van der Waals surface area contributed by atoms with Crippen LogP contribution in [-0.2, 0) is 4.79 Å². The second-order valence-corrected chi connectivity index (χ2v) is 5.95. The Balaban J connectivity index is 2.48. The van der Waals surface area contributed by atoms with Gasteiger partial charge in [-0.15, -0.1) is 0 Å². The molecule has 1 aromatic carbocycles. The number of likely N-dealkylation sites (N-methyl/N-ethyl adjacent to an activating group) is 1. The van der Waals surface area contributed by atoms with E-state index in [0.717, 1.165) is 11.8 Å². The van der Waals surface area contributed by atoms with Crippen LogP contribution in [0.2, 0.25) is 0 Å². The number of ether oxygens (including phenoxy) is 1. The number of phenols is 1. The van der Waals surface area contributed by atoms with Crippen molar-refractivity contribution in [2.75, 3.05) is 13.7 Å². The fourth-order valence-corrected chi connectivity index (χ4v) is 3.30.